The number of morpholine rings is 2. The lowest BCUT2D eigenvalue weighted by atomic mass is 10.2. The second-order valence-corrected chi connectivity index (χ2v) is 18.8. The fourth-order valence-electron chi connectivity index (χ4n) is 8.89. The van der Waals surface area contributed by atoms with Crippen molar-refractivity contribution in [2.45, 2.75) is 64.3 Å². The van der Waals surface area contributed by atoms with E-state index in [0.717, 1.165) is 9.13 Å². The highest BCUT2D eigenvalue weighted by Gasteiger charge is 2.37. The van der Waals surface area contributed by atoms with Crippen LogP contribution in [0.4, 0.5) is 61.8 Å². The van der Waals surface area contributed by atoms with Crippen molar-refractivity contribution < 1.29 is 60.7 Å². The number of amides is 1. The van der Waals surface area contributed by atoms with Gasteiger partial charge >= 0.3 is 18.3 Å². The van der Waals surface area contributed by atoms with Gasteiger partial charge in [0.25, 0.3) is 0 Å². The standard InChI is InChI=1S/C23H29F3N10O3.C19H23F3N10O.C4H8O3/c1-14(37)10-16(38)33-2-4-35(5-3-33)22-30-17-19(34-6-8-39-9-7-34)31-18(15-11-28-21(27)29-12-15)32-20(17)36(22)13-23(24,25)26;20-19(21,22)11-32-16-13(27-18(32)31-3-1-24-2-4-31)15(30-5-7-33-8-6-30)28-14(29-16)12-9-25-17(23)26-10-12;1-3(5)2-4(6)7/h11-12,14,37H,2-10,13H2,1H3,(H2,27,28,29);9-10,24H,1-8,11H2,(H2,23,25,26);3,5H,2H2,1H3,(H,6,7)/t14-;;3-/m1.1/s1. The van der Waals surface area contributed by atoms with Crippen molar-refractivity contribution in [3.05, 3.63) is 24.8 Å². The number of halogens is 6. The van der Waals surface area contributed by atoms with Gasteiger partial charge in [-0.15, -0.1) is 0 Å². The molecular formula is C46H60F6N20O7. The lowest BCUT2D eigenvalue weighted by molar-refractivity contribution is -0.140. The number of hydrogen-bond donors (Lipinski definition) is 6. The Bertz CT molecular complexity index is 3010. The maximum atomic E-state index is 13.9. The molecule has 6 aromatic heterocycles. The molecule has 0 spiro atoms. The number of aliphatic carboxylic acids is 1. The number of aliphatic hydroxyl groups excluding tert-OH is 2. The molecule has 27 nitrogen and oxygen atoms in total. The fraction of sp³-hybridized carbons (Fsp3) is 0.565. The molecule has 0 saturated carbocycles. The summed E-state index contributed by atoms with van der Waals surface area (Å²) in [6.45, 7) is 7.86. The van der Waals surface area contributed by atoms with Crippen molar-refractivity contribution in [3.63, 3.8) is 0 Å². The number of aromatic nitrogens is 12. The molecule has 6 aromatic rings. The summed E-state index contributed by atoms with van der Waals surface area (Å²) >= 11 is 0. The van der Waals surface area contributed by atoms with E-state index in [0.29, 0.717) is 107 Å². The molecule has 8 N–H and O–H groups in total. The predicted octanol–water partition coefficient (Wildman–Crippen LogP) is 1.20. The van der Waals surface area contributed by atoms with Crippen LogP contribution in [0.3, 0.4) is 0 Å². The first-order valence-electron chi connectivity index (χ1n) is 25.2. The molecule has 4 fully saturated rings. The van der Waals surface area contributed by atoms with Crippen LogP contribution >= 0.6 is 0 Å². The maximum Gasteiger partial charge on any atom is 0.406 e. The van der Waals surface area contributed by atoms with E-state index in [1.54, 1.807) is 9.80 Å². The van der Waals surface area contributed by atoms with Crippen LogP contribution in [0.15, 0.2) is 24.8 Å². The predicted molar refractivity (Wildman–Crippen MR) is 274 cm³/mol. The lowest BCUT2D eigenvalue weighted by Crippen LogP contribution is -2.50. The third kappa shape index (κ3) is 14.9. The number of fused-ring (bicyclic) bond motifs is 2. The van der Waals surface area contributed by atoms with Crippen LogP contribution in [-0.2, 0) is 32.2 Å². The number of piperazine rings is 2. The zero-order valence-electron chi connectivity index (χ0n) is 43.1. The largest absolute Gasteiger partial charge is 0.481 e. The minimum Gasteiger partial charge on any atom is -0.481 e. The Morgan fingerprint density at radius 3 is 1.33 bits per heavy atom. The molecule has 0 radical (unpaired) electrons. The van der Waals surface area contributed by atoms with Gasteiger partial charge < -0.3 is 66.1 Å². The van der Waals surface area contributed by atoms with Gasteiger partial charge in [0.05, 0.1) is 62.6 Å². The van der Waals surface area contributed by atoms with Crippen LogP contribution < -0.4 is 36.4 Å². The van der Waals surface area contributed by atoms with Crippen LogP contribution in [0.5, 0.6) is 0 Å². The molecule has 10 rings (SSSR count). The SMILES string of the molecule is C[C@@H](O)CC(=O)N1CCN(c2nc3c(N4CCOCC4)nc(-c4cnc(N)nc4)nc3n2CC(F)(F)F)CC1.C[C@@H](O)CC(=O)O.Nc1ncc(-c2nc(N3CCOCC3)c3nc(N4CCNCC4)n(CC(F)(F)F)c3n2)cn1. The summed E-state index contributed by atoms with van der Waals surface area (Å²) in [5.74, 6) is 0.499. The third-order valence-corrected chi connectivity index (χ3v) is 12.5. The number of imidazole rings is 2. The summed E-state index contributed by atoms with van der Waals surface area (Å²) in [7, 11) is 0. The number of nitrogen functional groups attached to an aromatic ring is 2. The van der Waals surface area contributed by atoms with Crippen molar-refractivity contribution in [3.8, 4) is 22.8 Å². The molecule has 1 amide bonds. The smallest absolute Gasteiger partial charge is 0.406 e. The van der Waals surface area contributed by atoms with Gasteiger partial charge in [0.15, 0.2) is 45.6 Å². The number of alkyl halides is 6. The molecule has 0 bridgehead atoms. The molecule has 33 heteroatoms. The van der Waals surface area contributed by atoms with E-state index in [4.69, 9.17) is 31.2 Å². The van der Waals surface area contributed by atoms with Gasteiger partial charge in [-0.3, -0.25) is 18.7 Å². The molecule has 10 heterocycles. The Morgan fingerprint density at radius 2 is 0.975 bits per heavy atom. The van der Waals surface area contributed by atoms with Crippen molar-refractivity contribution >= 4 is 69.6 Å². The minimum atomic E-state index is -4.55. The number of anilines is 6. The summed E-state index contributed by atoms with van der Waals surface area (Å²) in [5, 5.41) is 29.0. The Kier molecular flexibility index (Phi) is 18.2. The van der Waals surface area contributed by atoms with E-state index in [-0.39, 0.29) is 97.2 Å². The highest BCUT2D eigenvalue weighted by atomic mass is 19.4. The van der Waals surface area contributed by atoms with Crippen molar-refractivity contribution in [1.82, 2.24) is 69.2 Å². The van der Waals surface area contributed by atoms with E-state index in [1.165, 1.54) is 38.6 Å². The van der Waals surface area contributed by atoms with E-state index < -0.39 is 43.6 Å². The first kappa shape index (κ1) is 57.6. The van der Waals surface area contributed by atoms with Gasteiger partial charge in [-0.05, 0) is 13.8 Å². The Balaban J connectivity index is 0.000000188. The van der Waals surface area contributed by atoms with E-state index in [2.05, 4.69) is 55.2 Å². The number of rotatable bonds is 12. The number of carboxylic acid groups (broad SMARTS) is 1. The van der Waals surface area contributed by atoms with E-state index >= 15 is 0 Å². The highest BCUT2D eigenvalue weighted by Crippen LogP contribution is 2.36. The van der Waals surface area contributed by atoms with Gasteiger partial charge in [-0.2, -0.15) is 26.3 Å². The zero-order chi connectivity index (χ0) is 56.6. The molecule has 4 saturated heterocycles. The molecule has 2 atom stereocenters. The summed E-state index contributed by atoms with van der Waals surface area (Å²) < 4.78 is 95.6. The Labute approximate surface area is 446 Å². The number of carbonyl (C=O) groups excluding carboxylic acids is 1. The maximum absolute atomic E-state index is 13.9. The number of hydrogen-bond acceptors (Lipinski definition) is 23. The molecule has 79 heavy (non-hydrogen) atoms. The molecule has 4 aliphatic rings. The topological polar surface area (TPSA) is 332 Å². The second-order valence-electron chi connectivity index (χ2n) is 18.8. The number of carbonyl (C=O) groups is 2. The monoisotopic (exact) mass is 1120 g/mol. The first-order valence-corrected chi connectivity index (χ1v) is 25.2. The molecule has 0 unspecified atom stereocenters. The van der Waals surface area contributed by atoms with Crippen LogP contribution in [-0.4, -0.2) is 221 Å². The summed E-state index contributed by atoms with van der Waals surface area (Å²) in [5.41, 5.74) is 12.7. The van der Waals surface area contributed by atoms with Crippen molar-refractivity contribution in [2.75, 3.05) is 136 Å². The molecule has 0 aromatic carbocycles. The third-order valence-electron chi connectivity index (χ3n) is 12.5. The van der Waals surface area contributed by atoms with Crippen LogP contribution in [0.25, 0.3) is 45.1 Å². The van der Waals surface area contributed by atoms with Crippen molar-refractivity contribution in [1.29, 1.82) is 0 Å². The second kappa shape index (κ2) is 25.0. The van der Waals surface area contributed by atoms with Gasteiger partial charge in [0, 0.05) is 103 Å². The Morgan fingerprint density at radius 1 is 0.582 bits per heavy atom. The number of nitrogens with one attached hydrogen (secondary N) is 1. The zero-order valence-corrected chi connectivity index (χ0v) is 43.1. The van der Waals surface area contributed by atoms with E-state index in [9.17, 15) is 41.0 Å². The molecule has 0 aliphatic carbocycles. The van der Waals surface area contributed by atoms with Gasteiger partial charge in [0.1, 0.15) is 13.1 Å². The number of ether oxygens (including phenoxy) is 2. The van der Waals surface area contributed by atoms with Gasteiger partial charge in [-0.25, -0.2) is 49.8 Å². The summed E-state index contributed by atoms with van der Waals surface area (Å²) in [6, 6.07) is 0. The normalized spacial score (nSPS) is 17.3. The minimum absolute atomic E-state index is 0.0112. The number of aliphatic hydroxyl groups is 2. The molecule has 428 valence electrons. The average Bonchev–Trinajstić information content (AvgIpc) is 4.22. The van der Waals surface area contributed by atoms with Crippen LogP contribution in [0.1, 0.15) is 26.7 Å². The number of nitrogens with zero attached hydrogens (tertiary/aromatic N) is 17. The average molecular weight is 1120 g/mol. The lowest BCUT2D eigenvalue weighted by Gasteiger charge is -2.35. The van der Waals surface area contributed by atoms with Gasteiger partial charge in [0.2, 0.25) is 29.7 Å². The molecular weight excluding hydrogens is 1060 g/mol. The highest BCUT2D eigenvalue weighted by molar-refractivity contribution is 5.89. The fourth-order valence-corrected chi connectivity index (χ4v) is 8.89. The van der Waals surface area contributed by atoms with Crippen LogP contribution in [0, 0.1) is 0 Å². The quantitative estimate of drug-likeness (QED) is 0.0938. The first-order chi connectivity index (χ1) is 37.6. The molecule has 4 aliphatic heterocycles. The number of carboxylic acids is 1. The van der Waals surface area contributed by atoms with Crippen LogP contribution in [0.2, 0.25) is 0 Å². The van der Waals surface area contributed by atoms with E-state index in [1.807, 2.05) is 14.7 Å². The van der Waals surface area contributed by atoms with Gasteiger partial charge in [-0.1, -0.05) is 0 Å². The summed E-state index contributed by atoms with van der Waals surface area (Å²) in [6.07, 6.45) is -4.94. The number of nitrogens with two attached hydrogens (primary N) is 2. The summed E-state index contributed by atoms with van der Waals surface area (Å²) in [4.78, 5) is 74.6. The van der Waals surface area contributed by atoms with Crippen molar-refractivity contribution in [2.24, 2.45) is 0 Å². The Hall–Kier alpha value is -7.62.